The highest BCUT2D eigenvalue weighted by molar-refractivity contribution is 6.24. The molecule has 1 unspecified atom stereocenters. The summed E-state index contributed by atoms with van der Waals surface area (Å²) in [5.41, 5.74) is -0.569. The molecule has 2 heterocycles. The first kappa shape index (κ1) is 25.7. The molecule has 188 valence electrons. The summed E-state index contributed by atoms with van der Waals surface area (Å²) in [5, 5.41) is 7.34. The van der Waals surface area contributed by atoms with Crippen LogP contribution in [0.15, 0.2) is 18.2 Å². The summed E-state index contributed by atoms with van der Waals surface area (Å²) in [5.74, 6) is -2.97. The van der Waals surface area contributed by atoms with Gasteiger partial charge in [0, 0.05) is 19.5 Å². The van der Waals surface area contributed by atoms with E-state index in [0.717, 1.165) is 4.90 Å². The summed E-state index contributed by atoms with van der Waals surface area (Å²) in [6.45, 7) is 5.43. The summed E-state index contributed by atoms with van der Waals surface area (Å²) in [7, 11) is 0. The lowest BCUT2D eigenvalue weighted by molar-refractivity contribution is -0.136. The lowest BCUT2D eigenvalue weighted by atomic mass is 10.0. The van der Waals surface area contributed by atoms with E-state index in [9.17, 15) is 28.8 Å². The third-order valence-electron chi connectivity index (χ3n) is 5.13. The molecular formula is C23H28N4O8. The van der Waals surface area contributed by atoms with E-state index < -0.39 is 53.9 Å². The molecule has 1 aromatic rings. The summed E-state index contributed by atoms with van der Waals surface area (Å²) < 4.78 is 10.6. The Hall–Kier alpha value is -3.96. The number of ether oxygens (including phenoxy) is 2. The Morgan fingerprint density at radius 2 is 1.80 bits per heavy atom. The number of nitrogens with zero attached hydrogens (tertiary/aromatic N) is 1. The fourth-order valence-electron chi connectivity index (χ4n) is 3.62. The largest absolute Gasteiger partial charge is 0.483 e. The number of alkyl carbamates (subject to hydrolysis) is 1. The van der Waals surface area contributed by atoms with Crippen LogP contribution in [0.5, 0.6) is 5.75 Å². The smallest absolute Gasteiger partial charge is 0.407 e. The number of carbonyl (C=O) groups excluding carboxylic acids is 6. The van der Waals surface area contributed by atoms with Gasteiger partial charge in [-0.15, -0.1) is 0 Å². The van der Waals surface area contributed by atoms with Gasteiger partial charge in [0.25, 0.3) is 17.7 Å². The molecule has 12 heteroatoms. The normalized spacial score (nSPS) is 17.6. The third-order valence-corrected chi connectivity index (χ3v) is 5.13. The Bertz CT molecular complexity index is 1060. The first-order chi connectivity index (χ1) is 16.5. The first-order valence-electron chi connectivity index (χ1n) is 11.2. The van der Waals surface area contributed by atoms with Crippen LogP contribution < -0.4 is 20.7 Å². The van der Waals surface area contributed by atoms with E-state index in [1.54, 1.807) is 20.8 Å². The molecule has 3 rings (SSSR count). The molecule has 0 aliphatic carbocycles. The van der Waals surface area contributed by atoms with Crippen LogP contribution in [-0.4, -0.2) is 71.9 Å². The first-order valence-corrected chi connectivity index (χ1v) is 11.2. The Balaban J connectivity index is 1.51. The van der Waals surface area contributed by atoms with Gasteiger partial charge in [0.05, 0.1) is 11.1 Å². The van der Waals surface area contributed by atoms with E-state index in [1.165, 1.54) is 18.2 Å². The van der Waals surface area contributed by atoms with Crippen molar-refractivity contribution in [3.05, 3.63) is 29.3 Å². The minimum atomic E-state index is -1.09. The average molecular weight is 488 g/mol. The maximum Gasteiger partial charge on any atom is 0.407 e. The summed E-state index contributed by atoms with van der Waals surface area (Å²) >= 11 is 0. The van der Waals surface area contributed by atoms with Crippen LogP contribution in [0.2, 0.25) is 0 Å². The van der Waals surface area contributed by atoms with Crippen molar-refractivity contribution >= 4 is 35.6 Å². The minimum absolute atomic E-state index is 0.0145. The summed E-state index contributed by atoms with van der Waals surface area (Å²) in [6, 6.07) is 3.31. The number of hydrogen-bond acceptors (Lipinski definition) is 8. The maximum atomic E-state index is 13.0. The van der Waals surface area contributed by atoms with Crippen molar-refractivity contribution in [2.75, 3.05) is 19.7 Å². The highest BCUT2D eigenvalue weighted by atomic mass is 16.6. The number of amides is 6. The Labute approximate surface area is 201 Å². The van der Waals surface area contributed by atoms with Gasteiger partial charge in [-0.25, -0.2) is 4.79 Å². The van der Waals surface area contributed by atoms with E-state index in [4.69, 9.17) is 9.47 Å². The number of nitrogens with one attached hydrogen (secondary N) is 3. The van der Waals surface area contributed by atoms with E-state index in [-0.39, 0.29) is 36.3 Å². The number of rotatable bonds is 8. The van der Waals surface area contributed by atoms with E-state index in [1.807, 2.05) is 0 Å². The molecular weight excluding hydrogens is 460 g/mol. The summed E-state index contributed by atoms with van der Waals surface area (Å²) in [4.78, 5) is 74.0. The van der Waals surface area contributed by atoms with Crippen LogP contribution in [0.3, 0.4) is 0 Å². The quantitative estimate of drug-likeness (QED) is 0.352. The average Bonchev–Trinajstić information content (AvgIpc) is 3.02. The second-order valence-corrected chi connectivity index (χ2v) is 9.05. The van der Waals surface area contributed by atoms with Crippen LogP contribution in [0.1, 0.15) is 60.7 Å². The van der Waals surface area contributed by atoms with Gasteiger partial charge in [-0.3, -0.25) is 34.2 Å². The van der Waals surface area contributed by atoms with Crippen molar-refractivity contribution in [1.29, 1.82) is 0 Å². The van der Waals surface area contributed by atoms with Crippen molar-refractivity contribution in [3.8, 4) is 5.75 Å². The van der Waals surface area contributed by atoms with E-state index in [2.05, 4.69) is 16.0 Å². The third kappa shape index (κ3) is 6.34. The molecule has 1 atom stereocenters. The maximum absolute atomic E-state index is 13.0. The fourth-order valence-corrected chi connectivity index (χ4v) is 3.62. The number of piperidine rings is 1. The molecule has 3 N–H and O–H groups in total. The van der Waals surface area contributed by atoms with E-state index >= 15 is 0 Å². The Morgan fingerprint density at radius 1 is 1.09 bits per heavy atom. The lowest BCUT2D eigenvalue weighted by Gasteiger charge is -2.27. The molecule has 0 bridgehead atoms. The zero-order chi connectivity index (χ0) is 25.8. The van der Waals surface area contributed by atoms with Crippen molar-refractivity contribution in [2.24, 2.45) is 0 Å². The zero-order valence-electron chi connectivity index (χ0n) is 19.8. The molecule has 2 aliphatic heterocycles. The van der Waals surface area contributed by atoms with Gasteiger partial charge in [-0.1, -0.05) is 6.07 Å². The van der Waals surface area contributed by atoms with E-state index in [0.29, 0.717) is 13.0 Å². The number of carbonyl (C=O) groups is 6. The Morgan fingerprint density at radius 3 is 2.49 bits per heavy atom. The Kier molecular flexibility index (Phi) is 7.72. The van der Waals surface area contributed by atoms with Crippen LogP contribution in [0.25, 0.3) is 0 Å². The molecule has 1 aromatic carbocycles. The van der Waals surface area contributed by atoms with Gasteiger partial charge in [0.1, 0.15) is 17.4 Å². The number of imide groups is 2. The second kappa shape index (κ2) is 10.5. The molecule has 0 spiro atoms. The number of hydrogen-bond donors (Lipinski definition) is 3. The molecule has 0 radical (unpaired) electrons. The van der Waals surface area contributed by atoms with Crippen LogP contribution in [0, 0.1) is 0 Å². The van der Waals surface area contributed by atoms with Crippen molar-refractivity contribution in [3.63, 3.8) is 0 Å². The highest BCUT2D eigenvalue weighted by Gasteiger charge is 2.46. The lowest BCUT2D eigenvalue weighted by Crippen LogP contribution is -2.54. The van der Waals surface area contributed by atoms with Crippen LogP contribution in [0.4, 0.5) is 4.79 Å². The zero-order valence-corrected chi connectivity index (χ0v) is 19.8. The summed E-state index contributed by atoms with van der Waals surface area (Å²) in [6.07, 6.45) is -0.0340. The standard InChI is InChI=1S/C23H28N4O8/c1-23(2,3)35-22(33)25-11-5-10-24-17(29)12-34-15-7-4-6-13-18(15)21(32)27(20(13)31)14-8-9-16(28)26-19(14)30/h4,6-7,14H,5,8-12H2,1-3H3,(H,24,29)(H,25,33)(H,26,28,30). The molecule has 2 aliphatic rings. The van der Waals surface area contributed by atoms with Gasteiger partial charge in [0.15, 0.2) is 6.61 Å². The fraction of sp³-hybridized carbons (Fsp3) is 0.478. The monoisotopic (exact) mass is 488 g/mol. The molecule has 6 amide bonds. The van der Waals surface area contributed by atoms with Crippen molar-refractivity contribution < 1.29 is 38.2 Å². The minimum Gasteiger partial charge on any atom is -0.483 e. The molecule has 0 saturated carbocycles. The number of benzene rings is 1. The van der Waals surface area contributed by atoms with Gasteiger partial charge in [0.2, 0.25) is 11.8 Å². The highest BCUT2D eigenvalue weighted by Crippen LogP contribution is 2.33. The van der Waals surface area contributed by atoms with Crippen molar-refractivity contribution in [1.82, 2.24) is 20.9 Å². The molecule has 12 nitrogen and oxygen atoms in total. The van der Waals surface area contributed by atoms with Crippen LogP contribution >= 0.6 is 0 Å². The predicted molar refractivity (Wildman–Crippen MR) is 120 cm³/mol. The van der Waals surface area contributed by atoms with Gasteiger partial charge >= 0.3 is 6.09 Å². The van der Waals surface area contributed by atoms with Gasteiger partial charge < -0.3 is 20.1 Å². The van der Waals surface area contributed by atoms with Crippen molar-refractivity contribution in [2.45, 2.75) is 51.7 Å². The molecule has 1 fully saturated rings. The number of fused-ring (bicyclic) bond motifs is 1. The molecule has 1 saturated heterocycles. The van der Waals surface area contributed by atoms with Gasteiger partial charge in [-0.2, -0.15) is 0 Å². The molecule has 0 aromatic heterocycles. The topological polar surface area (TPSA) is 160 Å². The van der Waals surface area contributed by atoms with Gasteiger partial charge in [-0.05, 0) is 45.7 Å². The second-order valence-electron chi connectivity index (χ2n) is 9.05. The van der Waals surface area contributed by atoms with Crippen LogP contribution in [-0.2, 0) is 19.1 Å². The predicted octanol–water partition coefficient (Wildman–Crippen LogP) is 0.498. The molecule has 35 heavy (non-hydrogen) atoms. The SMILES string of the molecule is CC(C)(C)OC(=O)NCCCNC(=O)COc1cccc2c1C(=O)N(C1CCC(=O)NC1=O)C2=O.